The number of halogens is 1. The van der Waals surface area contributed by atoms with E-state index in [2.05, 4.69) is 5.10 Å². The van der Waals surface area contributed by atoms with Crippen LogP contribution in [0.25, 0.3) is 0 Å². The molecular weight excluding hydrogens is 345 g/mol. The lowest BCUT2D eigenvalue weighted by Gasteiger charge is -2.24. The van der Waals surface area contributed by atoms with Gasteiger partial charge in [0, 0.05) is 30.4 Å². The molecule has 6 heteroatoms. The number of alkyl halides is 1. The number of aromatic nitrogens is 2. The standard InChI is InChI=1S/C21H20FN3O2/c1-24-19-12-15-6-2-4-8-18(15)25(14-16(19)13-23-24)21(26)17-7-3-5-9-20(17)27-11-10-22/h2-9,13H,10-12,14H2,1H3. The van der Waals surface area contributed by atoms with Crippen LogP contribution in [0.5, 0.6) is 5.75 Å². The third kappa shape index (κ3) is 3.18. The highest BCUT2D eigenvalue weighted by Gasteiger charge is 2.28. The number of hydrogen-bond acceptors (Lipinski definition) is 3. The fourth-order valence-corrected chi connectivity index (χ4v) is 3.47. The van der Waals surface area contributed by atoms with Crippen molar-refractivity contribution < 1.29 is 13.9 Å². The first-order chi connectivity index (χ1) is 13.2. The number of nitrogens with zero attached hydrogens (tertiary/aromatic N) is 3. The van der Waals surface area contributed by atoms with E-state index in [0.717, 1.165) is 22.5 Å². The average Bonchev–Trinajstić information content (AvgIpc) is 2.95. The first kappa shape index (κ1) is 17.3. The van der Waals surface area contributed by atoms with Gasteiger partial charge in [0.2, 0.25) is 0 Å². The Morgan fingerprint density at radius 3 is 2.78 bits per heavy atom. The van der Waals surface area contributed by atoms with Crippen molar-refractivity contribution in [2.45, 2.75) is 13.0 Å². The van der Waals surface area contributed by atoms with E-state index in [-0.39, 0.29) is 12.5 Å². The average molecular weight is 365 g/mol. The molecule has 1 aromatic heterocycles. The van der Waals surface area contributed by atoms with Crippen LogP contribution in [0.1, 0.15) is 27.2 Å². The Labute approximate surface area is 157 Å². The number of hydrogen-bond donors (Lipinski definition) is 0. The highest BCUT2D eigenvalue weighted by atomic mass is 19.1. The predicted molar refractivity (Wildman–Crippen MR) is 101 cm³/mol. The lowest BCUT2D eigenvalue weighted by Crippen LogP contribution is -2.30. The quantitative estimate of drug-likeness (QED) is 0.711. The van der Waals surface area contributed by atoms with Crippen molar-refractivity contribution >= 4 is 11.6 Å². The van der Waals surface area contributed by atoms with E-state index in [1.807, 2.05) is 42.2 Å². The predicted octanol–water partition coefficient (Wildman–Crippen LogP) is 3.52. The Hall–Kier alpha value is -3.15. The maximum absolute atomic E-state index is 13.4. The van der Waals surface area contributed by atoms with Crippen molar-refractivity contribution in [3.05, 3.63) is 77.1 Å². The summed E-state index contributed by atoms with van der Waals surface area (Å²) in [7, 11) is 1.92. The Balaban J connectivity index is 1.78. The van der Waals surface area contributed by atoms with Crippen LogP contribution < -0.4 is 9.64 Å². The molecule has 0 radical (unpaired) electrons. The summed E-state index contributed by atoms with van der Waals surface area (Å²) in [5.74, 6) is 0.224. The molecule has 0 atom stereocenters. The first-order valence-corrected chi connectivity index (χ1v) is 8.86. The van der Waals surface area contributed by atoms with Crippen LogP contribution in [-0.4, -0.2) is 29.0 Å². The fraction of sp³-hybridized carbons (Fsp3) is 0.238. The second kappa shape index (κ2) is 7.23. The van der Waals surface area contributed by atoms with Crippen LogP contribution >= 0.6 is 0 Å². The lowest BCUT2D eigenvalue weighted by molar-refractivity contribution is 0.0980. The van der Waals surface area contributed by atoms with Crippen LogP contribution in [0.15, 0.2) is 54.7 Å². The number of carbonyl (C=O) groups excluding carboxylic acids is 1. The van der Waals surface area contributed by atoms with Crippen molar-refractivity contribution in [2.24, 2.45) is 7.05 Å². The summed E-state index contributed by atoms with van der Waals surface area (Å²) in [5, 5.41) is 4.35. The molecule has 0 saturated carbocycles. The van der Waals surface area contributed by atoms with Gasteiger partial charge in [-0.3, -0.25) is 9.48 Å². The Kier molecular flexibility index (Phi) is 4.62. The number of anilines is 1. The number of ether oxygens (including phenoxy) is 1. The van der Waals surface area contributed by atoms with Gasteiger partial charge in [-0.1, -0.05) is 30.3 Å². The zero-order chi connectivity index (χ0) is 18.8. The van der Waals surface area contributed by atoms with Gasteiger partial charge in [-0.05, 0) is 23.8 Å². The number of aryl methyl sites for hydroxylation is 1. The molecule has 0 spiro atoms. The van der Waals surface area contributed by atoms with Crippen molar-refractivity contribution in [1.29, 1.82) is 0 Å². The monoisotopic (exact) mass is 365 g/mol. The molecule has 1 amide bonds. The lowest BCUT2D eigenvalue weighted by atomic mass is 10.1. The second-order valence-electron chi connectivity index (χ2n) is 6.47. The number of fused-ring (bicyclic) bond motifs is 2. The van der Waals surface area contributed by atoms with Crippen LogP contribution in [0.3, 0.4) is 0 Å². The van der Waals surface area contributed by atoms with Crippen molar-refractivity contribution in [1.82, 2.24) is 9.78 Å². The molecule has 0 aliphatic carbocycles. The van der Waals surface area contributed by atoms with Crippen LogP contribution in [0, 0.1) is 0 Å². The molecular formula is C21H20FN3O2. The second-order valence-corrected chi connectivity index (χ2v) is 6.47. The van der Waals surface area contributed by atoms with Gasteiger partial charge in [0.1, 0.15) is 19.0 Å². The van der Waals surface area contributed by atoms with E-state index < -0.39 is 6.67 Å². The summed E-state index contributed by atoms with van der Waals surface area (Å²) in [6, 6.07) is 14.9. The maximum Gasteiger partial charge on any atom is 0.262 e. The minimum Gasteiger partial charge on any atom is -0.490 e. The zero-order valence-electron chi connectivity index (χ0n) is 15.1. The molecule has 3 aromatic rings. The molecule has 0 fully saturated rings. The molecule has 4 rings (SSSR count). The van der Waals surface area contributed by atoms with Gasteiger partial charge in [-0.25, -0.2) is 4.39 Å². The molecule has 0 bridgehead atoms. The van der Waals surface area contributed by atoms with Crippen LogP contribution in [0.4, 0.5) is 10.1 Å². The summed E-state index contributed by atoms with van der Waals surface area (Å²) in [6.45, 7) is -0.252. The molecule has 0 saturated heterocycles. The third-order valence-electron chi connectivity index (χ3n) is 4.81. The van der Waals surface area contributed by atoms with Gasteiger partial charge in [-0.2, -0.15) is 5.10 Å². The van der Waals surface area contributed by atoms with E-state index in [9.17, 15) is 9.18 Å². The topological polar surface area (TPSA) is 47.4 Å². The van der Waals surface area contributed by atoms with Gasteiger partial charge in [0.15, 0.2) is 0 Å². The minimum atomic E-state index is -0.603. The van der Waals surface area contributed by atoms with Gasteiger partial charge in [-0.15, -0.1) is 0 Å². The molecule has 0 N–H and O–H groups in total. The van der Waals surface area contributed by atoms with E-state index in [0.29, 0.717) is 24.3 Å². The smallest absolute Gasteiger partial charge is 0.262 e. The molecule has 5 nitrogen and oxygen atoms in total. The largest absolute Gasteiger partial charge is 0.490 e. The van der Waals surface area contributed by atoms with E-state index >= 15 is 0 Å². The van der Waals surface area contributed by atoms with E-state index in [1.54, 1.807) is 29.2 Å². The Morgan fingerprint density at radius 1 is 1.15 bits per heavy atom. The van der Waals surface area contributed by atoms with Gasteiger partial charge < -0.3 is 9.64 Å². The summed E-state index contributed by atoms with van der Waals surface area (Å²) < 4.78 is 19.9. The third-order valence-corrected chi connectivity index (χ3v) is 4.81. The van der Waals surface area contributed by atoms with Crippen molar-refractivity contribution in [3.63, 3.8) is 0 Å². The van der Waals surface area contributed by atoms with Gasteiger partial charge in [0.25, 0.3) is 5.91 Å². The molecule has 0 unspecified atom stereocenters. The Morgan fingerprint density at radius 2 is 1.93 bits per heavy atom. The van der Waals surface area contributed by atoms with Gasteiger partial charge >= 0.3 is 0 Å². The summed E-state index contributed by atoms with van der Waals surface area (Å²) in [4.78, 5) is 15.2. The summed E-state index contributed by atoms with van der Waals surface area (Å²) in [6.07, 6.45) is 2.53. The highest BCUT2D eigenvalue weighted by Crippen LogP contribution is 2.32. The minimum absolute atomic E-state index is 0.0758. The first-order valence-electron chi connectivity index (χ1n) is 8.86. The summed E-state index contributed by atoms with van der Waals surface area (Å²) in [5.41, 5.74) is 4.48. The molecule has 27 heavy (non-hydrogen) atoms. The van der Waals surface area contributed by atoms with Crippen molar-refractivity contribution in [2.75, 3.05) is 18.2 Å². The highest BCUT2D eigenvalue weighted by molar-refractivity contribution is 6.08. The molecule has 2 aromatic carbocycles. The van der Waals surface area contributed by atoms with Crippen molar-refractivity contribution in [3.8, 4) is 5.75 Å². The summed E-state index contributed by atoms with van der Waals surface area (Å²) >= 11 is 0. The van der Waals surface area contributed by atoms with E-state index in [4.69, 9.17) is 4.74 Å². The number of carbonyl (C=O) groups is 1. The van der Waals surface area contributed by atoms with Crippen LogP contribution in [-0.2, 0) is 20.0 Å². The number of para-hydroxylation sites is 2. The van der Waals surface area contributed by atoms with Gasteiger partial charge in [0.05, 0.1) is 18.3 Å². The van der Waals surface area contributed by atoms with E-state index in [1.165, 1.54) is 0 Å². The molecule has 138 valence electrons. The normalized spacial score (nSPS) is 12.9. The number of amides is 1. The zero-order valence-corrected chi connectivity index (χ0v) is 15.1. The SMILES string of the molecule is Cn1ncc2c1Cc1ccccc1N(C(=O)c1ccccc1OCCF)C2. The molecule has 1 aliphatic rings. The van der Waals surface area contributed by atoms with Crippen LogP contribution in [0.2, 0.25) is 0 Å². The maximum atomic E-state index is 13.4. The number of benzene rings is 2. The molecule has 1 aliphatic heterocycles. The number of rotatable bonds is 4. The fourth-order valence-electron chi connectivity index (χ4n) is 3.47. The Bertz CT molecular complexity index is 983. The molecule has 2 heterocycles.